The van der Waals surface area contributed by atoms with Gasteiger partial charge in [0.05, 0.1) is 5.69 Å². The van der Waals surface area contributed by atoms with E-state index in [2.05, 4.69) is 46.8 Å². The summed E-state index contributed by atoms with van der Waals surface area (Å²) in [6, 6.07) is 4.45. The van der Waals surface area contributed by atoms with Crippen molar-refractivity contribution >= 4 is 11.4 Å². The van der Waals surface area contributed by atoms with E-state index in [-0.39, 0.29) is 5.41 Å². The molecule has 0 fully saturated rings. The lowest BCUT2D eigenvalue weighted by Gasteiger charge is -2.18. The van der Waals surface area contributed by atoms with E-state index in [1.165, 1.54) is 28.1 Å². The molecule has 1 aliphatic rings. The topological polar surface area (TPSA) is 12.4 Å². The van der Waals surface area contributed by atoms with E-state index >= 15 is 0 Å². The van der Waals surface area contributed by atoms with Gasteiger partial charge >= 0.3 is 0 Å². The number of hydrogen-bond acceptors (Lipinski definition) is 1. The summed E-state index contributed by atoms with van der Waals surface area (Å²) in [4.78, 5) is 4.76. The van der Waals surface area contributed by atoms with Crippen LogP contribution in [-0.2, 0) is 6.42 Å². The van der Waals surface area contributed by atoms with Gasteiger partial charge in [0.25, 0.3) is 0 Å². The zero-order chi connectivity index (χ0) is 11.2. The Bertz CT molecular complexity index is 433. The minimum absolute atomic E-state index is 0.194. The number of benzene rings is 1. The lowest BCUT2D eigenvalue weighted by Crippen LogP contribution is -2.20. The minimum atomic E-state index is 0.194. The molecule has 1 heterocycles. The second-order valence-corrected chi connectivity index (χ2v) is 5.56. The quantitative estimate of drug-likeness (QED) is 0.602. The molecule has 80 valence electrons. The predicted molar refractivity (Wildman–Crippen MR) is 66.2 cm³/mol. The van der Waals surface area contributed by atoms with Gasteiger partial charge in [0.1, 0.15) is 0 Å². The van der Waals surface area contributed by atoms with Gasteiger partial charge in [0.15, 0.2) is 0 Å². The average molecular weight is 201 g/mol. The molecule has 1 aliphatic heterocycles. The maximum atomic E-state index is 4.76. The normalized spacial score (nSPS) is 15.1. The summed E-state index contributed by atoms with van der Waals surface area (Å²) in [5, 5.41) is 0. The van der Waals surface area contributed by atoms with Crippen molar-refractivity contribution < 1.29 is 0 Å². The van der Waals surface area contributed by atoms with E-state index < -0.39 is 0 Å². The maximum Gasteiger partial charge on any atom is 0.0670 e. The largest absolute Gasteiger partial charge is 0.257 e. The van der Waals surface area contributed by atoms with Crippen molar-refractivity contribution in [1.29, 1.82) is 0 Å². The van der Waals surface area contributed by atoms with Gasteiger partial charge in [-0.1, -0.05) is 26.8 Å². The van der Waals surface area contributed by atoms with Crippen molar-refractivity contribution in [2.45, 2.75) is 41.0 Å². The number of hydrogen-bond donors (Lipinski definition) is 0. The number of aryl methyl sites for hydroxylation is 2. The van der Waals surface area contributed by atoms with E-state index in [0.717, 1.165) is 6.42 Å². The Morgan fingerprint density at radius 1 is 1.13 bits per heavy atom. The monoisotopic (exact) mass is 201 g/mol. The van der Waals surface area contributed by atoms with Crippen LogP contribution < -0.4 is 0 Å². The fourth-order valence-corrected chi connectivity index (χ4v) is 2.09. The molecule has 0 spiro atoms. The molecule has 2 rings (SSSR count). The Labute approximate surface area is 92.2 Å². The molecule has 0 amide bonds. The Kier molecular flexibility index (Phi) is 2.22. The van der Waals surface area contributed by atoms with Gasteiger partial charge in [-0.25, -0.2) is 0 Å². The second-order valence-electron chi connectivity index (χ2n) is 5.56. The molecular formula is C14H19N. The van der Waals surface area contributed by atoms with Crippen LogP contribution in [0.5, 0.6) is 0 Å². The van der Waals surface area contributed by atoms with E-state index in [9.17, 15) is 0 Å². The number of fused-ring (bicyclic) bond motifs is 1. The molecular weight excluding hydrogens is 182 g/mol. The van der Waals surface area contributed by atoms with E-state index in [4.69, 9.17) is 4.99 Å². The van der Waals surface area contributed by atoms with Crippen LogP contribution >= 0.6 is 0 Å². The summed E-state index contributed by atoms with van der Waals surface area (Å²) in [6.45, 7) is 11.0. The maximum absolute atomic E-state index is 4.76. The van der Waals surface area contributed by atoms with Gasteiger partial charge in [-0.2, -0.15) is 0 Å². The molecule has 1 aromatic carbocycles. The first kappa shape index (κ1) is 10.4. The van der Waals surface area contributed by atoms with Crippen molar-refractivity contribution in [3.05, 3.63) is 28.8 Å². The van der Waals surface area contributed by atoms with Crippen molar-refractivity contribution in [3.63, 3.8) is 0 Å². The molecule has 0 unspecified atom stereocenters. The highest BCUT2D eigenvalue weighted by Crippen LogP contribution is 2.35. The molecule has 0 radical (unpaired) electrons. The fraction of sp³-hybridized carbons (Fsp3) is 0.500. The molecule has 1 aromatic rings. The molecule has 0 aromatic heterocycles. The first-order valence-electron chi connectivity index (χ1n) is 5.56. The summed E-state index contributed by atoms with van der Waals surface area (Å²) in [7, 11) is 0. The molecule has 0 N–H and O–H groups in total. The van der Waals surface area contributed by atoms with E-state index in [1.807, 2.05) is 0 Å². The van der Waals surface area contributed by atoms with Crippen molar-refractivity contribution in [2.24, 2.45) is 10.4 Å². The highest BCUT2D eigenvalue weighted by molar-refractivity contribution is 5.98. The van der Waals surface area contributed by atoms with Crippen molar-refractivity contribution in [3.8, 4) is 0 Å². The zero-order valence-electron chi connectivity index (χ0n) is 10.3. The van der Waals surface area contributed by atoms with Crippen LogP contribution in [0.2, 0.25) is 0 Å². The molecule has 1 heteroatoms. The SMILES string of the molecule is Cc1cc(C)c2c(c1)N=C(C(C)(C)C)C2. The summed E-state index contributed by atoms with van der Waals surface area (Å²) < 4.78 is 0. The third-order valence-electron chi connectivity index (χ3n) is 3.06. The lowest BCUT2D eigenvalue weighted by atomic mass is 9.87. The van der Waals surface area contributed by atoms with Gasteiger partial charge in [0.2, 0.25) is 0 Å². The Morgan fingerprint density at radius 2 is 1.80 bits per heavy atom. The lowest BCUT2D eigenvalue weighted by molar-refractivity contribution is 0.584. The molecule has 1 nitrogen and oxygen atoms in total. The second kappa shape index (κ2) is 3.19. The standard InChI is InChI=1S/C14H19N/c1-9-6-10(2)11-8-13(14(3,4)5)15-12(11)7-9/h6-7H,8H2,1-5H3. The van der Waals surface area contributed by atoms with E-state index in [0.29, 0.717) is 0 Å². The highest BCUT2D eigenvalue weighted by atomic mass is 14.8. The Balaban J connectivity index is 2.47. The smallest absolute Gasteiger partial charge is 0.0670 e. The van der Waals surface area contributed by atoms with Gasteiger partial charge in [0, 0.05) is 17.5 Å². The summed E-state index contributed by atoms with van der Waals surface area (Å²) in [6.07, 6.45) is 1.03. The molecule has 0 bridgehead atoms. The third-order valence-corrected chi connectivity index (χ3v) is 3.06. The van der Waals surface area contributed by atoms with E-state index in [1.54, 1.807) is 0 Å². The van der Waals surface area contributed by atoms with Gasteiger partial charge in [-0.15, -0.1) is 0 Å². The zero-order valence-corrected chi connectivity index (χ0v) is 10.3. The van der Waals surface area contributed by atoms with Crippen LogP contribution in [0.25, 0.3) is 0 Å². The van der Waals surface area contributed by atoms with Crippen molar-refractivity contribution in [2.75, 3.05) is 0 Å². The first-order chi connectivity index (χ1) is 6.88. The highest BCUT2D eigenvalue weighted by Gasteiger charge is 2.25. The first-order valence-corrected chi connectivity index (χ1v) is 5.56. The molecule has 0 saturated heterocycles. The number of rotatable bonds is 0. The summed E-state index contributed by atoms with van der Waals surface area (Å²) in [5.74, 6) is 0. The van der Waals surface area contributed by atoms with Gasteiger partial charge < -0.3 is 0 Å². The Morgan fingerprint density at radius 3 is 2.40 bits per heavy atom. The number of nitrogens with zero attached hydrogens (tertiary/aromatic N) is 1. The molecule has 0 saturated carbocycles. The van der Waals surface area contributed by atoms with Crippen LogP contribution in [0.3, 0.4) is 0 Å². The van der Waals surface area contributed by atoms with Crippen LogP contribution in [0.4, 0.5) is 5.69 Å². The van der Waals surface area contributed by atoms with Crippen LogP contribution in [-0.4, -0.2) is 5.71 Å². The van der Waals surface area contributed by atoms with Crippen LogP contribution in [0, 0.1) is 19.3 Å². The predicted octanol–water partition coefficient (Wildman–Crippen LogP) is 3.98. The summed E-state index contributed by atoms with van der Waals surface area (Å²) in [5.41, 5.74) is 6.81. The molecule has 15 heavy (non-hydrogen) atoms. The Hall–Kier alpha value is -1.11. The van der Waals surface area contributed by atoms with Crippen LogP contribution in [0.1, 0.15) is 37.5 Å². The fourth-order valence-electron chi connectivity index (χ4n) is 2.09. The van der Waals surface area contributed by atoms with Gasteiger partial charge in [-0.3, -0.25) is 4.99 Å². The van der Waals surface area contributed by atoms with Crippen LogP contribution in [0.15, 0.2) is 17.1 Å². The number of aliphatic imine (C=N–C) groups is 1. The van der Waals surface area contributed by atoms with Gasteiger partial charge in [-0.05, 0) is 36.6 Å². The molecule has 0 aliphatic carbocycles. The average Bonchev–Trinajstić information content (AvgIpc) is 2.46. The van der Waals surface area contributed by atoms with Crippen molar-refractivity contribution in [1.82, 2.24) is 0 Å². The third kappa shape index (κ3) is 1.83. The molecule has 0 atom stereocenters. The minimum Gasteiger partial charge on any atom is -0.257 e. The summed E-state index contributed by atoms with van der Waals surface area (Å²) >= 11 is 0.